The number of nitrogen functional groups attached to an aromatic ring is 1. The molecule has 0 amide bonds. The van der Waals surface area contributed by atoms with Gasteiger partial charge in [-0.2, -0.15) is 0 Å². The van der Waals surface area contributed by atoms with Crippen LogP contribution in [0.2, 0.25) is 0 Å². The smallest absolute Gasteiger partial charge is 0.122 e. The van der Waals surface area contributed by atoms with E-state index in [1.54, 1.807) is 18.2 Å². The second-order valence-electron chi connectivity index (χ2n) is 3.54. The van der Waals surface area contributed by atoms with Crippen molar-refractivity contribution in [2.45, 2.75) is 18.6 Å². The van der Waals surface area contributed by atoms with Crippen LogP contribution in [0.1, 0.15) is 22.8 Å². The molecule has 74 valence electrons. The predicted molar refractivity (Wildman–Crippen MR) is 52.1 cm³/mol. The fourth-order valence-electron chi connectivity index (χ4n) is 1.78. The molecule has 4 nitrogen and oxygen atoms in total. The Morgan fingerprint density at radius 3 is 2.79 bits per heavy atom. The van der Waals surface area contributed by atoms with Crippen LogP contribution in [0.15, 0.2) is 18.2 Å². The van der Waals surface area contributed by atoms with Crippen LogP contribution >= 0.6 is 0 Å². The minimum Gasteiger partial charge on any atom is -0.390 e. The van der Waals surface area contributed by atoms with E-state index in [1.165, 1.54) is 0 Å². The molecule has 2 unspecified atom stereocenters. The van der Waals surface area contributed by atoms with Crippen LogP contribution in [0.5, 0.6) is 0 Å². The second kappa shape index (κ2) is 3.08. The van der Waals surface area contributed by atoms with Crippen molar-refractivity contribution in [3.05, 3.63) is 34.9 Å². The van der Waals surface area contributed by atoms with E-state index in [-0.39, 0.29) is 5.84 Å². The Morgan fingerprint density at radius 1 is 1.43 bits per heavy atom. The molecular formula is C10H12N2O2. The summed E-state index contributed by atoms with van der Waals surface area (Å²) in [6, 6.07) is 5.15. The third-order valence-electron chi connectivity index (χ3n) is 2.57. The average molecular weight is 192 g/mol. The first-order valence-electron chi connectivity index (χ1n) is 4.43. The van der Waals surface area contributed by atoms with Gasteiger partial charge in [0.05, 0.1) is 6.10 Å². The van der Waals surface area contributed by atoms with Gasteiger partial charge in [0, 0.05) is 12.0 Å². The van der Waals surface area contributed by atoms with Gasteiger partial charge in [-0.1, -0.05) is 12.1 Å². The molecule has 0 saturated heterocycles. The molecule has 5 N–H and O–H groups in total. The maximum atomic E-state index is 9.54. The number of hydrogen-bond donors (Lipinski definition) is 4. The summed E-state index contributed by atoms with van der Waals surface area (Å²) in [5.74, 6) is 0.00341. The molecule has 0 spiro atoms. The zero-order valence-electron chi connectivity index (χ0n) is 7.57. The summed E-state index contributed by atoms with van der Waals surface area (Å²) in [4.78, 5) is 0. The van der Waals surface area contributed by atoms with Crippen LogP contribution in [-0.2, 0) is 6.42 Å². The molecule has 0 heterocycles. The highest BCUT2D eigenvalue weighted by Gasteiger charge is 2.29. The highest BCUT2D eigenvalue weighted by molar-refractivity contribution is 5.95. The number of aliphatic hydroxyl groups excluding tert-OH is 2. The first-order valence-corrected chi connectivity index (χ1v) is 4.43. The zero-order valence-corrected chi connectivity index (χ0v) is 7.57. The lowest BCUT2D eigenvalue weighted by atomic mass is 10.1. The quantitative estimate of drug-likeness (QED) is 0.370. The van der Waals surface area contributed by atoms with Gasteiger partial charge in [0.25, 0.3) is 0 Å². The molecule has 14 heavy (non-hydrogen) atoms. The van der Waals surface area contributed by atoms with Crippen LogP contribution in [0, 0.1) is 5.41 Å². The van der Waals surface area contributed by atoms with Gasteiger partial charge in [-0.25, -0.2) is 0 Å². The summed E-state index contributed by atoms with van der Waals surface area (Å²) in [5.41, 5.74) is 7.58. The van der Waals surface area contributed by atoms with E-state index in [0.29, 0.717) is 12.0 Å². The van der Waals surface area contributed by atoms with Gasteiger partial charge in [-0.3, -0.25) is 5.41 Å². The van der Waals surface area contributed by atoms with Crippen LogP contribution in [0.3, 0.4) is 0 Å². The molecule has 4 heteroatoms. The van der Waals surface area contributed by atoms with Crippen molar-refractivity contribution in [1.29, 1.82) is 5.41 Å². The number of fused-ring (bicyclic) bond motifs is 1. The van der Waals surface area contributed by atoms with Crippen molar-refractivity contribution in [2.24, 2.45) is 5.73 Å². The minimum absolute atomic E-state index is 0.00341. The lowest BCUT2D eigenvalue weighted by Crippen LogP contribution is -2.11. The van der Waals surface area contributed by atoms with Crippen molar-refractivity contribution >= 4 is 5.84 Å². The van der Waals surface area contributed by atoms with Gasteiger partial charge in [-0.15, -0.1) is 0 Å². The third-order valence-corrected chi connectivity index (χ3v) is 2.57. The third kappa shape index (κ3) is 1.29. The zero-order chi connectivity index (χ0) is 10.3. The topological polar surface area (TPSA) is 90.3 Å². The van der Waals surface area contributed by atoms with E-state index < -0.39 is 12.2 Å². The lowest BCUT2D eigenvalue weighted by Gasteiger charge is -2.07. The molecule has 0 radical (unpaired) electrons. The molecule has 0 fully saturated rings. The first-order chi connectivity index (χ1) is 6.59. The molecule has 1 aromatic rings. The van der Waals surface area contributed by atoms with E-state index in [9.17, 15) is 10.2 Å². The highest BCUT2D eigenvalue weighted by atomic mass is 16.3. The van der Waals surface area contributed by atoms with E-state index in [1.807, 2.05) is 0 Å². The Morgan fingerprint density at radius 2 is 2.14 bits per heavy atom. The Kier molecular flexibility index (Phi) is 2.02. The number of benzene rings is 1. The summed E-state index contributed by atoms with van der Waals surface area (Å²) in [5, 5.41) is 26.2. The Hall–Kier alpha value is -1.39. The van der Waals surface area contributed by atoms with Crippen molar-refractivity contribution in [3.8, 4) is 0 Å². The maximum absolute atomic E-state index is 9.54. The molecule has 1 aliphatic carbocycles. The van der Waals surface area contributed by atoms with Crippen molar-refractivity contribution in [3.63, 3.8) is 0 Å². The number of rotatable bonds is 1. The van der Waals surface area contributed by atoms with Crippen molar-refractivity contribution in [1.82, 2.24) is 0 Å². The van der Waals surface area contributed by atoms with Crippen LogP contribution in [0.25, 0.3) is 0 Å². The number of nitrogens with two attached hydrogens (primary N) is 1. The molecule has 0 saturated carbocycles. The molecule has 2 atom stereocenters. The number of amidine groups is 1. The van der Waals surface area contributed by atoms with Gasteiger partial charge >= 0.3 is 0 Å². The standard InChI is InChI=1S/C10H12N2O2/c11-10(12)5-1-2-7-6(3-5)4-8(13)9(7)14/h1-3,8-9,13-14H,4H2,(H3,11,12). The highest BCUT2D eigenvalue weighted by Crippen LogP contribution is 2.31. The van der Waals surface area contributed by atoms with E-state index in [4.69, 9.17) is 11.1 Å². The number of nitrogens with one attached hydrogen (secondary N) is 1. The van der Waals surface area contributed by atoms with Gasteiger partial charge in [0.15, 0.2) is 0 Å². The van der Waals surface area contributed by atoms with Crippen LogP contribution in [0.4, 0.5) is 0 Å². The monoisotopic (exact) mass is 192 g/mol. The Bertz CT molecular complexity index is 390. The molecule has 0 aromatic heterocycles. The summed E-state index contributed by atoms with van der Waals surface area (Å²) in [7, 11) is 0. The van der Waals surface area contributed by atoms with Crippen molar-refractivity contribution < 1.29 is 10.2 Å². The van der Waals surface area contributed by atoms with Gasteiger partial charge in [0.2, 0.25) is 0 Å². The summed E-state index contributed by atoms with van der Waals surface area (Å²) < 4.78 is 0. The predicted octanol–water partition coefficient (Wildman–Crippen LogP) is -0.0789. The maximum Gasteiger partial charge on any atom is 0.122 e. The summed E-state index contributed by atoms with van der Waals surface area (Å²) in [6.07, 6.45) is -1.10. The van der Waals surface area contributed by atoms with E-state index in [2.05, 4.69) is 0 Å². The molecule has 2 rings (SSSR count). The number of aliphatic hydroxyl groups is 2. The van der Waals surface area contributed by atoms with Crippen molar-refractivity contribution in [2.75, 3.05) is 0 Å². The average Bonchev–Trinajstić information content (AvgIpc) is 2.42. The molecular weight excluding hydrogens is 180 g/mol. The Labute approximate surface area is 81.5 Å². The van der Waals surface area contributed by atoms with Crippen LogP contribution in [-0.4, -0.2) is 22.2 Å². The fraction of sp³-hybridized carbons (Fsp3) is 0.300. The largest absolute Gasteiger partial charge is 0.390 e. The SMILES string of the molecule is N=C(N)c1ccc2c(c1)CC(O)C2O. The molecule has 0 aliphatic heterocycles. The van der Waals surface area contributed by atoms with Gasteiger partial charge in [0.1, 0.15) is 11.9 Å². The molecule has 1 aliphatic rings. The second-order valence-corrected chi connectivity index (χ2v) is 3.54. The number of hydrogen-bond acceptors (Lipinski definition) is 3. The van der Waals surface area contributed by atoms with Gasteiger partial charge in [-0.05, 0) is 17.2 Å². The van der Waals surface area contributed by atoms with E-state index >= 15 is 0 Å². The van der Waals surface area contributed by atoms with E-state index in [0.717, 1.165) is 11.1 Å². The van der Waals surface area contributed by atoms with Gasteiger partial charge < -0.3 is 15.9 Å². The van der Waals surface area contributed by atoms with Crippen LogP contribution < -0.4 is 5.73 Å². The minimum atomic E-state index is -0.800. The fourth-order valence-corrected chi connectivity index (χ4v) is 1.78. The first kappa shape index (κ1) is 9.18. The lowest BCUT2D eigenvalue weighted by molar-refractivity contribution is 0.0326. The normalized spacial score (nSPS) is 24.7. The summed E-state index contributed by atoms with van der Waals surface area (Å²) in [6.45, 7) is 0. The summed E-state index contributed by atoms with van der Waals surface area (Å²) >= 11 is 0. The molecule has 1 aromatic carbocycles. The molecule has 0 bridgehead atoms. The Balaban J connectivity index is 2.44.